The highest BCUT2D eigenvalue weighted by Gasteiger charge is 2.45. The van der Waals surface area contributed by atoms with Gasteiger partial charge in [0.2, 0.25) is 6.29 Å². The molecule has 10 heteroatoms. The zero-order valence-electron chi connectivity index (χ0n) is 24.0. The van der Waals surface area contributed by atoms with E-state index >= 15 is 0 Å². The molecule has 42 heavy (non-hydrogen) atoms. The molecule has 3 aromatic rings. The first-order valence-electron chi connectivity index (χ1n) is 14.8. The zero-order valence-corrected chi connectivity index (χ0v) is 24.0. The topological polar surface area (TPSA) is 148 Å². The summed E-state index contributed by atoms with van der Waals surface area (Å²) in [6.07, 6.45) is 1.76. The lowest BCUT2D eigenvalue weighted by Crippen LogP contribution is -2.60. The van der Waals surface area contributed by atoms with Crippen LogP contribution in [-0.4, -0.2) is 64.3 Å². The number of aliphatic hydroxyl groups is 4. The Kier molecular flexibility index (Phi) is 12.0. The van der Waals surface area contributed by atoms with E-state index in [1.807, 2.05) is 30.3 Å². The second-order valence-electron chi connectivity index (χ2n) is 10.6. The smallest absolute Gasteiger partial charge is 0.383 e. The van der Waals surface area contributed by atoms with E-state index in [1.54, 1.807) is 18.2 Å². The van der Waals surface area contributed by atoms with Crippen LogP contribution >= 0.6 is 0 Å². The second kappa shape index (κ2) is 15.9. The van der Waals surface area contributed by atoms with Crippen LogP contribution in [0.25, 0.3) is 11.0 Å². The van der Waals surface area contributed by atoms with Crippen LogP contribution in [0.15, 0.2) is 57.7 Å². The molecule has 1 aromatic heterocycles. The molecule has 0 aliphatic carbocycles. The third-order valence-corrected chi connectivity index (χ3v) is 7.37. The van der Waals surface area contributed by atoms with E-state index in [0.717, 1.165) is 18.4 Å². The molecule has 230 valence electrons. The van der Waals surface area contributed by atoms with Crippen molar-refractivity contribution >= 4 is 11.0 Å². The number of ether oxygens (including phenoxy) is 4. The predicted molar refractivity (Wildman–Crippen MR) is 156 cm³/mol. The molecule has 5 atom stereocenters. The number of unbranched alkanes of at least 4 members (excludes halogenated alkanes) is 7. The van der Waals surface area contributed by atoms with Crippen molar-refractivity contribution in [2.24, 2.45) is 0 Å². The summed E-state index contributed by atoms with van der Waals surface area (Å²) in [7, 11) is 0. The van der Waals surface area contributed by atoms with Crippen molar-refractivity contribution in [2.45, 2.75) is 95.6 Å². The number of hydrogen-bond acceptors (Lipinski definition) is 10. The summed E-state index contributed by atoms with van der Waals surface area (Å²) in [4.78, 5) is 13.2. The first-order chi connectivity index (χ1) is 20.4. The van der Waals surface area contributed by atoms with Crippen LogP contribution in [0.4, 0.5) is 0 Å². The maximum absolute atomic E-state index is 13.2. The lowest BCUT2D eigenvalue weighted by molar-refractivity contribution is -0.278. The second-order valence-corrected chi connectivity index (χ2v) is 10.6. The average molecular weight is 587 g/mol. The predicted octanol–water partition coefficient (Wildman–Crippen LogP) is 4.07. The minimum Gasteiger partial charge on any atom is -0.493 e. The molecule has 0 amide bonds. The first-order valence-corrected chi connectivity index (χ1v) is 14.8. The van der Waals surface area contributed by atoms with E-state index in [2.05, 4.69) is 6.92 Å². The maximum Gasteiger partial charge on any atom is 0.383 e. The molecule has 2 heterocycles. The molecule has 1 fully saturated rings. The molecule has 0 spiro atoms. The summed E-state index contributed by atoms with van der Waals surface area (Å²) in [5.41, 5.74) is 0.156. The number of rotatable bonds is 16. The summed E-state index contributed by atoms with van der Waals surface area (Å²) >= 11 is 0. The molecule has 1 aliphatic rings. The third-order valence-electron chi connectivity index (χ3n) is 7.37. The normalized spacial score (nSPS) is 22.3. The van der Waals surface area contributed by atoms with E-state index in [9.17, 15) is 25.2 Å². The van der Waals surface area contributed by atoms with E-state index in [4.69, 9.17) is 23.4 Å². The molecule has 4 N–H and O–H groups in total. The summed E-state index contributed by atoms with van der Waals surface area (Å²) in [5.74, 6) is 0.220. The van der Waals surface area contributed by atoms with Crippen LogP contribution in [-0.2, 0) is 11.3 Å². The molecule has 10 nitrogen and oxygen atoms in total. The fourth-order valence-corrected chi connectivity index (χ4v) is 4.91. The van der Waals surface area contributed by atoms with Crippen molar-refractivity contribution in [2.75, 3.05) is 13.2 Å². The van der Waals surface area contributed by atoms with Gasteiger partial charge in [0.1, 0.15) is 42.4 Å². The Morgan fingerprint density at radius 2 is 1.52 bits per heavy atom. The van der Waals surface area contributed by atoms with E-state index in [1.165, 1.54) is 38.5 Å². The van der Waals surface area contributed by atoms with Gasteiger partial charge >= 0.3 is 5.63 Å². The minimum absolute atomic E-state index is 0.0525. The minimum atomic E-state index is -1.72. The third kappa shape index (κ3) is 8.23. The molecule has 0 saturated carbocycles. The Bertz CT molecular complexity index is 1290. The molecule has 1 aliphatic heterocycles. The van der Waals surface area contributed by atoms with Gasteiger partial charge in [0, 0.05) is 6.07 Å². The Balaban J connectivity index is 1.51. The highest BCUT2D eigenvalue weighted by molar-refractivity contribution is 5.86. The van der Waals surface area contributed by atoms with Crippen LogP contribution in [0.2, 0.25) is 0 Å². The standard InChI is InChI=1S/C32H42O10/c1-2-3-4-5-6-7-8-12-17-38-22-15-16-23-24(18-22)40-31(37)30(29(23)39-20-21-13-10-9-11-14-21)42-32-28(36)27(35)26(34)25(19-33)41-32/h9-11,13-16,18,25-28,32-36H,2-8,12,17,19-20H2,1H3/t25-,26-,27+,28-,32+/m1/s1. The Morgan fingerprint density at radius 1 is 0.810 bits per heavy atom. The van der Waals surface area contributed by atoms with Gasteiger partial charge in [-0.15, -0.1) is 0 Å². The highest BCUT2D eigenvalue weighted by Crippen LogP contribution is 2.37. The Morgan fingerprint density at radius 3 is 2.24 bits per heavy atom. The molecule has 1 saturated heterocycles. The largest absolute Gasteiger partial charge is 0.493 e. The van der Waals surface area contributed by atoms with Crippen LogP contribution < -0.4 is 19.8 Å². The molecule has 0 radical (unpaired) electrons. The van der Waals surface area contributed by atoms with Gasteiger partial charge in [-0.05, 0) is 24.1 Å². The maximum atomic E-state index is 13.2. The van der Waals surface area contributed by atoms with E-state index in [0.29, 0.717) is 17.7 Å². The number of benzene rings is 2. The summed E-state index contributed by atoms with van der Waals surface area (Å²) in [5, 5.41) is 40.7. The van der Waals surface area contributed by atoms with Gasteiger partial charge in [-0.25, -0.2) is 4.79 Å². The van der Waals surface area contributed by atoms with Crippen molar-refractivity contribution in [1.29, 1.82) is 0 Å². The number of aliphatic hydroxyl groups excluding tert-OH is 4. The van der Waals surface area contributed by atoms with Crippen molar-refractivity contribution in [3.8, 4) is 17.2 Å². The van der Waals surface area contributed by atoms with Crippen molar-refractivity contribution in [3.05, 3.63) is 64.5 Å². The Hall–Kier alpha value is -3.15. The van der Waals surface area contributed by atoms with Gasteiger partial charge in [-0.2, -0.15) is 0 Å². The SMILES string of the molecule is CCCCCCCCCCOc1ccc2c(OCc3ccccc3)c(O[C@@H]3O[C@H](CO)[C@@H](O)[C@H](O)[C@H]3O)c(=O)oc2c1. The van der Waals surface area contributed by atoms with Crippen LogP contribution in [0.1, 0.15) is 63.9 Å². The van der Waals surface area contributed by atoms with Crippen LogP contribution in [0.3, 0.4) is 0 Å². The first kappa shape index (κ1) is 31.8. The number of hydrogen-bond donors (Lipinski definition) is 4. The molecule has 2 aromatic carbocycles. The fraction of sp³-hybridized carbons (Fsp3) is 0.531. The zero-order chi connectivity index (χ0) is 29.9. The van der Waals surface area contributed by atoms with Gasteiger partial charge in [0.25, 0.3) is 5.75 Å². The van der Waals surface area contributed by atoms with Crippen LogP contribution in [0.5, 0.6) is 17.2 Å². The van der Waals surface area contributed by atoms with Crippen LogP contribution in [0, 0.1) is 0 Å². The van der Waals surface area contributed by atoms with E-state index in [-0.39, 0.29) is 23.7 Å². The molecule has 0 unspecified atom stereocenters. The summed E-state index contributed by atoms with van der Waals surface area (Å²) in [6.45, 7) is 2.21. The van der Waals surface area contributed by atoms with Gasteiger partial charge in [-0.3, -0.25) is 0 Å². The van der Waals surface area contributed by atoms with Gasteiger partial charge in [0.15, 0.2) is 5.75 Å². The highest BCUT2D eigenvalue weighted by atomic mass is 16.7. The Labute approximate surface area is 245 Å². The van der Waals surface area contributed by atoms with Crippen molar-refractivity contribution in [1.82, 2.24) is 0 Å². The van der Waals surface area contributed by atoms with Gasteiger partial charge in [-0.1, -0.05) is 82.2 Å². The number of fused-ring (bicyclic) bond motifs is 1. The summed E-state index contributed by atoms with van der Waals surface area (Å²) < 4.78 is 28.7. The molecule has 0 bridgehead atoms. The monoisotopic (exact) mass is 586 g/mol. The van der Waals surface area contributed by atoms with Crippen molar-refractivity contribution in [3.63, 3.8) is 0 Å². The van der Waals surface area contributed by atoms with Crippen molar-refractivity contribution < 1.29 is 43.8 Å². The lowest BCUT2D eigenvalue weighted by Gasteiger charge is -2.39. The average Bonchev–Trinajstić information content (AvgIpc) is 3.00. The lowest BCUT2D eigenvalue weighted by atomic mass is 9.99. The summed E-state index contributed by atoms with van der Waals surface area (Å²) in [6, 6.07) is 14.4. The van der Waals surface area contributed by atoms with Gasteiger partial charge in [0.05, 0.1) is 18.6 Å². The van der Waals surface area contributed by atoms with Gasteiger partial charge < -0.3 is 43.8 Å². The molecular formula is C32H42O10. The van der Waals surface area contributed by atoms with E-state index < -0.39 is 42.9 Å². The molecule has 4 rings (SSSR count). The quantitative estimate of drug-likeness (QED) is 0.143. The molecular weight excluding hydrogens is 544 g/mol. The fourth-order valence-electron chi connectivity index (χ4n) is 4.91.